The summed E-state index contributed by atoms with van der Waals surface area (Å²) in [6.07, 6.45) is 2.57. The van der Waals surface area contributed by atoms with Gasteiger partial charge in [-0.15, -0.1) is 0 Å². The summed E-state index contributed by atoms with van der Waals surface area (Å²) < 4.78 is 25.9. The minimum atomic E-state index is -3.43. The third kappa shape index (κ3) is 2.32. The average Bonchev–Trinajstić information content (AvgIpc) is 2.74. The Hall–Kier alpha value is -0.640. The molecule has 0 spiro atoms. The van der Waals surface area contributed by atoms with Gasteiger partial charge in [0.25, 0.3) is 0 Å². The van der Waals surface area contributed by atoms with Gasteiger partial charge in [-0.1, -0.05) is 6.92 Å². The summed E-state index contributed by atoms with van der Waals surface area (Å²) in [6.45, 7) is 3.83. The van der Waals surface area contributed by atoms with Crippen LogP contribution >= 0.6 is 0 Å². The summed E-state index contributed by atoms with van der Waals surface area (Å²) in [6, 6.07) is 2.19. The Morgan fingerprint density at radius 2 is 2.29 bits per heavy atom. The summed E-state index contributed by atoms with van der Waals surface area (Å²) in [5.74, 6) is 0.426. The van der Waals surface area contributed by atoms with Crippen molar-refractivity contribution in [3.8, 4) is 6.07 Å². The first-order valence-corrected chi connectivity index (χ1v) is 7.72. The Balaban J connectivity index is 2.12. The van der Waals surface area contributed by atoms with Crippen molar-refractivity contribution in [2.75, 3.05) is 19.6 Å². The van der Waals surface area contributed by atoms with E-state index in [1.807, 2.05) is 6.07 Å². The molecule has 2 heterocycles. The molecule has 0 radical (unpaired) electrons. The molecule has 96 valence electrons. The number of nitriles is 1. The third-order valence-corrected chi connectivity index (χ3v) is 5.98. The zero-order valence-corrected chi connectivity index (χ0v) is 10.9. The van der Waals surface area contributed by atoms with Gasteiger partial charge in [0.2, 0.25) is 10.0 Å². The van der Waals surface area contributed by atoms with Crippen LogP contribution in [0.5, 0.6) is 0 Å². The maximum absolute atomic E-state index is 12.2. The van der Waals surface area contributed by atoms with E-state index in [1.54, 1.807) is 6.92 Å². The molecule has 2 aliphatic heterocycles. The highest BCUT2D eigenvalue weighted by Crippen LogP contribution is 2.28. The molecule has 3 atom stereocenters. The van der Waals surface area contributed by atoms with Crippen molar-refractivity contribution in [2.45, 2.75) is 37.5 Å². The topological polar surface area (TPSA) is 73.2 Å². The minimum Gasteiger partial charge on any atom is -0.312 e. The smallest absolute Gasteiger partial charge is 0.230 e. The first-order chi connectivity index (χ1) is 8.09. The SMILES string of the molecule is CCC(C#N)S(=O)(=O)N1CC2CCCNC2C1. The maximum Gasteiger partial charge on any atom is 0.230 e. The molecule has 17 heavy (non-hydrogen) atoms. The van der Waals surface area contributed by atoms with Gasteiger partial charge in [-0.05, 0) is 31.7 Å². The van der Waals surface area contributed by atoms with Crippen molar-refractivity contribution < 1.29 is 8.42 Å². The van der Waals surface area contributed by atoms with Gasteiger partial charge in [-0.3, -0.25) is 0 Å². The van der Waals surface area contributed by atoms with Gasteiger partial charge in [0, 0.05) is 19.1 Å². The van der Waals surface area contributed by atoms with E-state index in [9.17, 15) is 8.42 Å². The predicted molar refractivity (Wildman–Crippen MR) is 64.7 cm³/mol. The van der Waals surface area contributed by atoms with Crippen LogP contribution in [0, 0.1) is 17.2 Å². The van der Waals surface area contributed by atoms with Crippen LogP contribution in [-0.2, 0) is 10.0 Å². The van der Waals surface area contributed by atoms with Crippen molar-refractivity contribution in [2.24, 2.45) is 5.92 Å². The van der Waals surface area contributed by atoms with Crippen molar-refractivity contribution in [3.63, 3.8) is 0 Å². The average molecular weight is 257 g/mol. The summed E-state index contributed by atoms with van der Waals surface area (Å²) in [4.78, 5) is 0. The number of hydrogen-bond donors (Lipinski definition) is 1. The van der Waals surface area contributed by atoms with Crippen molar-refractivity contribution >= 4 is 10.0 Å². The van der Waals surface area contributed by atoms with Gasteiger partial charge in [-0.25, -0.2) is 8.42 Å². The van der Waals surface area contributed by atoms with Crippen LogP contribution in [0.15, 0.2) is 0 Å². The lowest BCUT2D eigenvalue weighted by molar-refractivity contribution is 0.339. The van der Waals surface area contributed by atoms with E-state index in [-0.39, 0.29) is 6.04 Å². The maximum atomic E-state index is 12.2. The molecule has 0 saturated carbocycles. The van der Waals surface area contributed by atoms with E-state index < -0.39 is 15.3 Å². The summed E-state index contributed by atoms with van der Waals surface area (Å²) >= 11 is 0. The Labute approximate surface area is 103 Å². The van der Waals surface area contributed by atoms with Gasteiger partial charge < -0.3 is 5.32 Å². The van der Waals surface area contributed by atoms with Gasteiger partial charge in [0.05, 0.1) is 6.07 Å². The Morgan fingerprint density at radius 3 is 2.88 bits per heavy atom. The molecule has 2 saturated heterocycles. The fourth-order valence-electron chi connectivity index (χ4n) is 2.76. The quantitative estimate of drug-likeness (QED) is 0.789. The largest absolute Gasteiger partial charge is 0.312 e. The highest BCUT2D eigenvalue weighted by atomic mass is 32.2. The molecular formula is C11H19N3O2S. The second-order valence-electron chi connectivity index (χ2n) is 4.85. The fraction of sp³-hybridized carbons (Fsp3) is 0.909. The van der Waals surface area contributed by atoms with E-state index in [0.29, 0.717) is 25.4 Å². The van der Waals surface area contributed by atoms with E-state index in [2.05, 4.69) is 5.32 Å². The molecule has 3 unspecified atom stereocenters. The second kappa shape index (κ2) is 4.92. The number of fused-ring (bicyclic) bond motifs is 1. The number of sulfonamides is 1. The van der Waals surface area contributed by atoms with Crippen molar-refractivity contribution in [3.05, 3.63) is 0 Å². The van der Waals surface area contributed by atoms with E-state index >= 15 is 0 Å². The molecule has 2 fully saturated rings. The van der Waals surface area contributed by atoms with Gasteiger partial charge in [0.1, 0.15) is 0 Å². The van der Waals surface area contributed by atoms with Gasteiger partial charge in [-0.2, -0.15) is 9.57 Å². The van der Waals surface area contributed by atoms with Crippen molar-refractivity contribution in [1.82, 2.24) is 9.62 Å². The van der Waals surface area contributed by atoms with Crippen LogP contribution in [0.2, 0.25) is 0 Å². The van der Waals surface area contributed by atoms with Crippen LogP contribution in [-0.4, -0.2) is 43.6 Å². The van der Waals surface area contributed by atoms with Crippen LogP contribution in [0.25, 0.3) is 0 Å². The van der Waals surface area contributed by atoms with Crippen LogP contribution in [0.1, 0.15) is 26.2 Å². The highest BCUT2D eigenvalue weighted by Gasteiger charge is 2.42. The number of nitrogens with one attached hydrogen (secondary N) is 1. The van der Waals surface area contributed by atoms with E-state index in [1.165, 1.54) is 4.31 Å². The fourth-order valence-corrected chi connectivity index (χ4v) is 4.45. The number of nitrogens with zero attached hydrogens (tertiary/aromatic N) is 2. The molecule has 0 aliphatic carbocycles. The Bertz CT molecular complexity index is 401. The minimum absolute atomic E-state index is 0.287. The molecule has 0 aromatic carbocycles. The normalized spacial score (nSPS) is 31.8. The number of rotatable bonds is 3. The molecule has 0 bridgehead atoms. The second-order valence-corrected chi connectivity index (χ2v) is 6.97. The molecule has 1 N–H and O–H groups in total. The number of hydrogen-bond acceptors (Lipinski definition) is 4. The summed E-state index contributed by atoms with van der Waals surface area (Å²) in [7, 11) is -3.43. The Morgan fingerprint density at radius 1 is 1.53 bits per heavy atom. The standard InChI is InChI=1S/C11H19N3O2S/c1-2-10(6-12)17(15,16)14-7-9-4-3-5-13-11(9)8-14/h9-11,13H,2-5,7-8H2,1H3. The van der Waals surface area contributed by atoms with Crippen LogP contribution in [0.4, 0.5) is 0 Å². The van der Waals surface area contributed by atoms with Gasteiger partial charge >= 0.3 is 0 Å². The zero-order chi connectivity index (χ0) is 12.5. The van der Waals surface area contributed by atoms with Crippen LogP contribution in [0.3, 0.4) is 0 Å². The Kier molecular flexibility index (Phi) is 3.71. The molecule has 2 rings (SSSR count). The summed E-state index contributed by atoms with van der Waals surface area (Å²) in [5, 5.41) is 11.4. The highest BCUT2D eigenvalue weighted by molar-refractivity contribution is 7.90. The van der Waals surface area contributed by atoms with Crippen LogP contribution < -0.4 is 5.32 Å². The lowest BCUT2D eigenvalue weighted by atomic mass is 9.94. The van der Waals surface area contributed by atoms with Crippen molar-refractivity contribution in [1.29, 1.82) is 5.26 Å². The zero-order valence-electron chi connectivity index (χ0n) is 10.1. The third-order valence-electron chi connectivity index (χ3n) is 3.80. The molecular weight excluding hydrogens is 238 g/mol. The first-order valence-electron chi connectivity index (χ1n) is 6.21. The molecule has 5 nitrogen and oxygen atoms in total. The number of piperidine rings is 1. The van der Waals surface area contributed by atoms with E-state index in [0.717, 1.165) is 19.4 Å². The lowest BCUT2D eigenvalue weighted by Gasteiger charge is -2.24. The molecule has 6 heteroatoms. The van der Waals surface area contributed by atoms with Gasteiger partial charge in [0.15, 0.2) is 5.25 Å². The molecule has 2 aliphatic rings. The molecule has 0 aromatic heterocycles. The summed E-state index contributed by atoms with van der Waals surface area (Å²) in [5.41, 5.74) is 0. The van der Waals surface area contributed by atoms with E-state index in [4.69, 9.17) is 5.26 Å². The predicted octanol–water partition coefficient (Wildman–Crippen LogP) is 0.302. The molecule has 0 aromatic rings. The monoisotopic (exact) mass is 257 g/mol. The lowest BCUT2D eigenvalue weighted by Crippen LogP contribution is -2.41. The first kappa shape index (κ1) is 12.8. The molecule has 0 amide bonds.